The highest BCUT2D eigenvalue weighted by atomic mass is 32.2. The molecule has 1 amide bonds. The Hall–Kier alpha value is -2.74. The van der Waals surface area contributed by atoms with Gasteiger partial charge in [-0.15, -0.1) is 0 Å². The summed E-state index contributed by atoms with van der Waals surface area (Å²) >= 11 is 0. The molecule has 2 aromatic carbocycles. The number of carbonyl (C=O) groups excluding carboxylic acids is 1. The van der Waals surface area contributed by atoms with Gasteiger partial charge in [0.1, 0.15) is 6.54 Å². The second-order valence-electron chi connectivity index (χ2n) is 6.95. The molecule has 0 N–H and O–H groups in total. The van der Waals surface area contributed by atoms with Crippen LogP contribution in [0, 0.1) is 13.8 Å². The number of anilines is 1. The molecule has 7 nitrogen and oxygen atoms in total. The number of rotatable bonds is 8. The van der Waals surface area contributed by atoms with Gasteiger partial charge in [-0.25, -0.2) is 8.42 Å². The molecule has 0 aliphatic carbocycles. The lowest BCUT2D eigenvalue weighted by Gasteiger charge is -2.27. The summed E-state index contributed by atoms with van der Waals surface area (Å²) in [6, 6.07) is 10.9. The number of ether oxygens (including phenoxy) is 2. The van der Waals surface area contributed by atoms with Crippen molar-refractivity contribution in [3.63, 3.8) is 0 Å². The minimum atomic E-state index is -3.63. The Morgan fingerprint density at radius 3 is 2.10 bits per heavy atom. The van der Waals surface area contributed by atoms with E-state index in [1.807, 2.05) is 38.1 Å². The third-order valence-electron chi connectivity index (χ3n) is 4.66. The highest BCUT2D eigenvalue weighted by Gasteiger charge is 2.25. The SMILES string of the molecule is COc1ccc(CN(C)C(=O)CN(c2c(C)cccc2C)S(C)(=O)=O)cc1OC. The molecule has 0 fully saturated rings. The molecule has 0 bridgehead atoms. The minimum absolute atomic E-state index is 0.270. The Balaban J connectivity index is 2.24. The third-order valence-corrected chi connectivity index (χ3v) is 5.77. The standard InChI is InChI=1S/C21H28N2O5S/c1-15-8-7-9-16(2)21(15)23(29(6,25)26)14-20(24)22(3)13-17-10-11-18(27-4)19(12-17)28-5/h7-12H,13-14H2,1-6H3. The van der Waals surface area contributed by atoms with Crippen molar-refractivity contribution in [2.75, 3.05) is 38.4 Å². The van der Waals surface area contributed by atoms with Gasteiger partial charge in [-0.1, -0.05) is 24.3 Å². The van der Waals surface area contributed by atoms with Crippen molar-refractivity contribution in [2.24, 2.45) is 0 Å². The lowest BCUT2D eigenvalue weighted by atomic mass is 10.1. The summed E-state index contributed by atoms with van der Waals surface area (Å²) in [7, 11) is 1.11. The van der Waals surface area contributed by atoms with Gasteiger partial charge in [0, 0.05) is 13.6 Å². The number of carbonyl (C=O) groups is 1. The number of hydrogen-bond donors (Lipinski definition) is 0. The molecule has 2 aromatic rings. The van der Waals surface area contributed by atoms with E-state index in [1.165, 1.54) is 9.21 Å². The molecule has 0 aliphatic heterocycles. The molecule has 0 spiro atoms. The van der Waals surface area contributed by atoms with Gasteiger partial charge in [-0.3, -0.25) is 9.10 Å². The van der Waals surface area contributed by atoms with Gasteiger partial charge < -0.3 is 14.4 Å². The zero-order chi connectivity index (χ0) is 21.8. The maximum Gasteiger partial charge on any atom is 0.243 e. The van der Waals surface area contributed by atoms with E-state index in [9.17, 15) is 13.2 Å². The molecule has 8 heteroatoms. The van der Waals surface area contributed by atoms with Gasteiger partial charge in [0.15, 0.2) is 11.5 Å². The molecular weight excluding hydrogens is 392 g/mol. The van der Waals surface area contributed by atoms with E-state index in [0.717, 1.165) is 22.9 Å². The molecular formula is C21H28N2O5S. The van der Waals surface area contributed by atoms with E-state index in [-0.39, 0.29) is 12.5 Å². The molecule has 0 aliphatic rings. The van der Waals surface area contributed by atoms with Crippen molar-refractivity contribution in [1.29, 1.82) is 0 Å². The number of aryl methyl sites for hydroxylation is 2. The maximum atomic E-state index is 12.8. The van der Waals surface area contributed by atoms with E-state index in [1.54, 1.807) is 33.4 Å². The molecule has 0 unspecified atom stereocenters. The largest absolute Gasteiger partial charge is 0.493 e. The van der Waals surface area contributed by atoms with Crippen molar-refractivity contribution >= 4 is 21.6 Å². The lowest BCUT2D eigenvalue weighted by molar-refractivity contribution is -0.128. The van der Waals surface area contributed by atoms with Crippen LogP contribution in [0.4, 0.5) is 5.69 Å². The fourth-order valence-corrected chi connectivity index (χ4v) is 4.11. The predicted molar refractivity (Wildman–Crippen MR) is 114 cm³/mol. The van der Waals surface area contributed by atoms with Crippen LogP contribution in [0.5, 0.6) is 11.5 Å². The Morgan fingerprint density at radius 1 is 1.00 bits per heavy atom. The number of sulfonamides is 1. The number of amides is 1. The summed E-state index contributed by atoms with van der Waals surface area (Å²) in [5.41, 5.74) is 2.98. The zero-order valence-corrected chi connectivity index (χ0v) is 18.5. The van der Waals surface area contributed by atoms with Crippen molar-refractivity contribution in [1.82, 2.24) is 4.90 Å². The van der Waals surface area contributed by atoms with Gasteiger partial charge in [0.25, 0.3) is 0 Å². The van der Waals surface area contributed by atoms with Gasteiger partial charge in [-0.2, -0.15) is 0 Å². The predicted octanol–water partition coefficient (Wildman–Crippen LogP) is 2.75. The number of hydrogen-bond acceptors (Lipinski definition) is 5. The van der Waals surface area contributed by atoms with Crippen molar-refractivity contribution in [3.8, 4) is 11.5 Å². The van der Waals surface area contributed by atoms with Crippen LogP contribution in [0.25, 0.3) is 0 Å². The van der Waals surface area contributed by atoms with Gasteiger partial charge in [-0.05, 0) is 42.7 Å². The normalized spacial score (nSPS) is 11.1. The highest BCUT2D eigenvalue weighted by molar-refractivity contribution is 7.92. The van der Waals surface area contributed by atoms with Crippen molar-refractivity contribution < 1.29 is 22.7 Å². The van der Waals surface area contributed by atoms with Crippen LogP contribution >= 0.6 is 0 Å². The summed E-state index contributed by atoms with van der Waals surface area (Å²) < 4.78 is 36.6. The van der Waals surface area contributed by atoms with Crippen molar-refractivity contribution in [3.05, 3.63) is 53.1 Å². The van der Waals surface area contributed by atoms with E-state index in [0.29, 0.717) is 23.7 Å². The van der Waals surface area contributed by atoms with E-state index >= 15 is 0 Å². The molecule has 0 atom stereocenters. The smallest absolute Gasteiger partial charge is 0.243 e. The quantitative estimate of drug-likeness (QED) is 0.656. The Morgan fingerprint density at radius 2 is 1.59 bits per heavy atom. The minimum Gasteiger partial charge on any atom is -0.493 e. The van der Waals surface area contributed by atoms with Crippen molar-refractivity contribution in [2.45, 2.75) is 20.4 Å². The van der Waals surface area contributed by atoms with Gasteiger partial charge in [0.05, 0.1) is 26.2 Å². The molecule has 0 saturated carbocycles. The summed E-state index contributed by atoms with van der Waals surface area (Å²) in [5, 5.41) is 0. The van der Waals surface area contributed by atoms with Gasteiger partial charge in [0.2, 0.25) is 15.9 Å². The molecule has 29 heavy (non-hydrogen) atoms. The third kappa shape index (κ3) is 5.41. The number of methoxy groups -OCH3 is 2. The molecule has 2 rings (SSSR count). The van der Waals surface area contributed by atoms with Crippen LogP contribution in [-0.4, -0.2) is 53.3 Å². The number of nitrogens with zero attached hydrogens (tertiary/aromatic N) is 2. The number of likely N-dealkylation sites (N-methyl/N-ethyl adjacent to an activating group) is 1. The second kappa shape index (κ2) is 9.17. The van der Waals surface area contributed by atoms with E-state index in [2.05, 4.69) is 0 Å². The van der Waals surface area contributed by atoms with Crippen LogP contribution in [0.15, 0.2) is 36.4 Å². The molecule has 0 aromatic heterocycles. The average Bonchev–Trinajstić information content (AvgIpc) is 2.65. The number of para-hydroxylation sites is 1. The number of benzene rings is 2. The van der Waals surface area contributed by atoms with E-state index in [4.69, 9.17) is 9.47 Å². The lowest BCUT2D eigenvalue weighted by Crippen LogP contribution is -2.41. The first-order valence-corrected chi connectivity index (χ1v) is 10.9. The Bertz CT molecular complexity index is 968. The van der Waals surface area contributed by atoms with Gasteiger partial charge >= 0.3 is 0 Å². The fraction of sp³-hybridized carbons (Fsp3) is 0.381. The molecule has 0 heterocycles. The first-order valence-electron chi connectivity index (χ1n) is 9.07. The van der Waals surface area contributed by atoms with Crippen LogP contribution in [0.1, 0.15) is 16.7 Å². The highest BCUT2D eigenvalue weighted by Crippen LogP contribution is 2.29. The maximum absolute atomic E-state index is 12.8. The van der Waals surface area contributed by atoms with Crippen LogP contribution in [-0.2, 0) is 21.4 Å². The summed E-state index contributed by atoms with van der Waals surface area (Å²) in [6.45, 7) is 3.70. The summed E-state index contributed by atoms with van der Waals surface area (Å²) in [5.74, 6) is 0.857. The first-order chi connectivity index (χ1) is 13.6. The topological polar surface area (TPSA) is 76.2 Å². The zero-order valence-electron chi connectivity index (χ0n) is 17.7. The van der Waals surface area contributed by atoms with Crippen LogP contribution in [0.3, 0.4) is 0 Å². The molecule has 158 valence electrons. The van der Waals surface area contributed by atoms with Crippen LogP contribution in [0.2, 0.25) is 0 Å². The second-order valence-corrected chi connectivity index (χ2v) is 8.86. The Kier molecular flexibility index (Phi) is 7.13. The monoisotopic (exact) mass is 420 g/mol. The average molecular weight is 421 g/mol. The summed E-state index contributed by atoms with van der Waals surface area (Å²) in [4.78, 5) is 14.3. The first kappa shape index (κ1) is 22.5. The molecule has 0 radical (unpaired) electrons. The molecule has 0 saturated heterocycles. The van der Waals surface area contributed by atoms with Crippen LogP contribution < -0.4 is 13.8 Å². The van der Waals surface area contributed by atoms with E-state index < -0.39 is 10.0 Å². The fourth-order valence-electron chi connectivity index (χ4n) is 3.15. The summed E-state index contributed by atoms with van der Waals surface area (Å²) in [6.07, 6.45) is 1.11. The Labute approximate surface area is 172 Å².